The van der Waals surface area contributed by atoms with E-state index in [-0.39, 0.29) is 5.41 Å². The van der Waals surface area contributed by atoms with Crippen LogP contribution in [0.25, 0.3) is 0 Å². The summed E-state index contributed by atoms with van der Waals surface area (Å²) in [5.74, 6) is 0.486. The number of carbonyl (C=O) groups excluding carboxylic acids is 2. The highest BCUT2D eigenvalue weighted by Crippen LogP contribution is 2.68. The summed E-state index contributed by atoms with van der Waals surface area (Å²) in [6.07, 6.45) is 5.62. The molecule has 7 nitrogen and oxygen atoms in total. The van der Waals surface area contributed by atoms with Crippen LogP contribution in [0.3, 0.4) is 0 Å². The zero-order valence-electron chi connectivity index (χ0n) is 16.3. The Balaban J connectivity index is 1.28. The maximum atomic E-state index is 11.8. The van der Waals surface area contributed by atoms with Crippen LogP contribution in [0.15, 0.2) is 18.3 Å². The van der Waals surface area contributed by atoms with Gasteiger partial charge in [0.2, 0.25) is 0 Å². The van der Waals surface area contributed by atoms with Gasteiger partial charge < -0.3 is 14.4 Å². The molecule has 7 heteroatoms. The van der Waals surface area contributed by atoms with Gasteiger partial charge in [0.05, 0.1) is 11.9 Å². The number of nitrogens with zero attached hydrogens (tertiary/aromatic N) is 3. The first-order chi connectivity index (χ1) is 12.7. The van der Waals surface area contributed by atoms with E-state index in [9.17, 15) is 9.59 Å². The lowest BCUT2D eigenvalue weighted by Gasteiger charge is -2.72. The summed E-state index contributed by atoms with van der Waals surface area (Å²) in [5, 5.41) is 2.66. The Kier molecular flexibility index (Phi) is 4.18. The SMILES string of the molecule is CC(C)(C)OC(=O)Nc1ccc(N2CCN(C34CC(C=O)(C3)C4)CC2)cn1. The number of hydrogen-bond acceptors (Lipinski definition) is 6. The van der Waals surface area contributed by atoms with Crippen molar-refractivity contribution in [2.75, 3.05) is 36.4 Å². The van der Waals surface area contributed by atoms with E-state index in [0.717, 1.165) is 51.1 Å². The van der Waals surface area contributed by atoms with Crippen molar-refractivity contribution < 1.29 is 14.3 Å². The molecule has 27 heavy (non-hydrogen) atoms. The largest absolute Gasteiger partial charge is 0.444 e. The Morgan fingerprint density at radius 3 is 2.37 bits per heavy atom. The summed E-state index contributed by atoms with van der Waals surface area (Å²) in [5.41, 5.74) is 0.867. The van der Waals surface area contributed by atoms with Crippen molar-refractivity contribution in [3.63, 3.8) is 0 Å². The van der Waals surface area contributed by atoms with Gasteiger partial charge in [-0.05, 0) is 52.2 Å². The quantitative estimate of drug-likeness (QED) is 0.819. The van der Waals surface area contributed by atoms with Crippen molar-refractivity contribution in [2.45, 2.75) is 51.2 Å². The molecule has 0 spiro atoms. The third-order valence-electron chi connectivity index (χ3n) is 5.99. The molecule has 5 rings (SSSR count). The molecular formula is C20H28N4O3. The third-order valence-corrected chi connectivity index (χ3v) is 5.99. The number of piperazine rings is 1. The third kappa shape index (κ3) is 3.40. The number of nitrogens with one attached hydrogen (secondary N) is 1. The van der Waals surface area contributed by atoms with E-state index in [0.29, 0.717) is 11.4 Å². The minimum Gasteiger partial charge on any atom is -0.444 e. The van der Waals surface area contributed by atoms with Crippen molar-refractivity contribution >= 4 is 23.9 Å². The second kappa shape index (κ2) is 6.19. The van der Waals surface area contributed by atoms with Crippen molar-refractivity contribution in [1.82, 2.24) is 9.88 Å². The van der Waals surface area contributed by atoms with Crippen LogP contribution >= 0.6 is 0 Å². The first kappa shape index (κ1) is 18.2. The van der Waals surface area contributed by atoms with E-state index >= 15 is 0 Å². The van der Waals surface area contributed by atoms with Crippen LogP contribution in [-0.2, 0) is 9.53 Å². The van der Waals surface area contributed by atoms with E-state index in [4.69, 9.17) is 4.74 Å². The molecule has 1 aliphatic heterocycles. The Labute approximate surface area is 160 Å². The van der Waals surface area contributed by atoms with Gasteiger partial charge in [0.25, 0.3) is 0 Å². The van der Waals surface area contributed by atoms with Crippen molar-refractivity contribution in [2.24, 2.45) is 5.41 Å². The fourth-order valence-corrected chi connectivity index (χ4v) is 4.77. The van der Waals surface area contributed by atoms with Gasteiger partial charge >= 0.3 is 6.09 Å². The van der Waals surface area contributed by atoms with Crippen LogP contribution in [0.4, 0.5) is 16.3 Å². The molecule has 0 radical (unpaired) electrons. The Morgan fingerprint density at radius 2 is 1.85 bits per heavy atom. The lowest BCUT2D eigenvalue weighted by Crippen LogP contribution is -2.76. The number of anilines is 2. The minimum atomic E-state index is -0.532. The van der Waals surface area contributed by atoms with Gasteiger partial charge in [0.15, 0.2) is 0 Å². The van der Waals surface area contributed by atoms with Crippen LogP contribution in [0.2, 0.25) is 0 Å². The molecule has 146 valence electrons. The molecule has 3 aliphatic carbocycles. The maximum Gasteiger partial charge on any atom is 0.413 e. The standard InChI is InChI=1S/C20H28N4O3/c1-18(2,3)27-17(26)22-16-5-4-15(10-21-16)23-6-8-24(9-7-23)20-11-19(12-20,13-20)14-25/h4-5,10,14H,6-9,11-13H2,1-3H3,(H,21,22,26). The first-order valence-corrected chi connectivity index (χ1v) is 9.65. The summed E-state index contributed by atoms with van der Waals surface area (Å²) >= 11 is 0. The molecule has 2 heterocycles. The highest BCUT2D eigenvalue weighted by atomic mass is 16.6. The van der Waals surface area contributed by atoms with E-state index in [1.165, 1.54) is 6.29 Å². The van der Waals surface area contributed by atoms with Gasteiger partial charge in [-0.1, -0.05) is 0 Å². The number of aromatic nitrogens is 1. The Hall–Kier alpha value is -2.15. The number of carbonyl (C=O) groups is 2. The van der Waals surface area contributed by atoms with Crippen LogP contribution in [0.1, 0.15) is 40.0 Å². The zero-order valence-corrected chi connectivity index (χ0v) is 16.3. The molecule has 1 saturated heterocycles. The molecule has 3 saturated carbocycles. The van der Waals surface area contributed by atoms with Crippen molar-refractivity contribution in [3.05, 3.63) is 18.3 Å². The minimum absolute atomic E-state index is 0.0258. The van der Waals surface area contributed by atoms with Gasteiger partial charge in [0.1, 0.15) is 17.7 Å². The molecule has 4 aliphatic rings. The van der Waals surface area contributed by atoms with Crippen LogP contribution in [0, 0.1) is 5.41 Å². The molecule has 2 bridgehead atoms. The number of ether oxygens (including phenoxy) is 1. The lowest BCUT2D eigenvalue weighted by molar-refractivity contribution is -0.208. The van der Waals surface area contributed by atoms with E-state index < -0.39 is 11.7 Å². The van der Waals surface area contributed by atoms with Gasteiger partial charge in [-0.25, -0.2) is 9.78 Å². The predicted molar refractivity (Wildman–Crippen MR) is 103 cm³/mol. The summed E-state index contributed by atoms with van der Waals surface area (Å²) in [6.45, 7) is 9.43. The number of rotatable bonds is 4. The van der Waals surface area contributed by atoms with E-state index in [1.54, 1.807) is 12.3 Å². The van der Waals surface area contributed by atoms with Gasteiger partial charge in [-0.3, -0.25) is 10.2 Å². The van der Waals surface area contributed by atoms with E-state index in [1.807, 2.05) is 26.8 Å². The highest BCUT2D eigenvalue weighted by molar-refractivity contribution is 5.83. The second-order valence-corrected chi connectivity index (χ2v) is 9.24. The maximum absolute atomic E-state index is 11.8. The molecular weight excluding hydrogens is 344 g/mol. The molecule has 0 atom stereocenters. The fourth-order valence-electron chi connectivity index (χ4n) is 4.77. The number of hydrogen-bond donors (Lipinski definition) is 1. The molecule has 1 N–H and O–H groups in total. The van der Waals surface area contributed by atoms with Crippen LogP contribution in [0.5, 0.6) is 0 Å². The fraction of sp³-hybridized carbons (Fsp3) is 0.650. The molecule has 1 amide bonds. The normalized spacial score (nSPS) is 30.1. The monoisotopic (exact) mass is 372 g/mol. The van der Waals surface area contributed by atoms with Crippen LogP contribution < -0.4 is 10.2 Å². The Morgan fingerprint density at radius 1 is 1.19 bits per heavy atom. The first-order valence-electron chi connectivity index (χ1n) is 9.65. The summed E-state index contributed by atoms with van der Waals surface area (Å²) in [6, 6.07) is 3.79. The summed E-state index contributed by atoms with van der Waals surface area (Å²) < 4.78 is 5.24. The molecule has 1 aromatic heterocycles. The molecule has 0 aromatic carbocycles. The predicted octanol–water partition coefficient (Wildman–Crippen LogP) is 2.67. The lowest BCUT2D eigenvalue weighted by atomic mass is 9.39. The zero-order chi connectivity index (χ0) is 19.3. The van der Waals surface area contributed by atoms with Gasteiger partial charge in [-0.15, -0.1) is 0 Å². The van der Waals surface area contributed by atoms with Crippen molar-refractivity contribution in [1.29, 1.82) is 0 Å². The average Bonchev–Trinajstić information content (AvgIpc) is 2.52. The topological polar surface area (TPSA) is 74.8 Å². The number of aldehydes is 1. The number of pyridine rings is 1. The highest BCUT2D eigenvalue weighted by Gasteiger charge is 2.70. The summed E-state index contributed by atoms with van der Waals surface area (Å²) in [4.78, 5) is 32.2. The number of amides is 1. The van der Waals surface area contributed by atoms with Gasteiger partial charge in [0, 0.05) is 37.1 Å². The Bertz CT molecular complexity index is 713. The van der Waals surface area contributed by atoms with Crippen molar-refractivity contribution in [3.8, 4) is 0 Å². The molecule has 1 aromatic rings. The van der Waals surface area contributed by atoms with Crippen LogP contribution in [-0.4, -0.2) is 59.6 Å². The van der Waals surface area contributed by atoms with E-state index in [2.05, 4.69) is 20.1 Å². The van der Waals surface area contributed by atoms with Gasteiger partial charge in [-0.2, -0.15) is 0 Å². The average molecular weight is 372 g/mol. The smallest absolute Gasteiger partial charge is 0.413 e. The molecule has 0 unspecified atom stereocenters. The molecule has 4 fully saturated rings. The second-order valence-electron chi connectivity index (χ2n) is 9.24. The summed E-state index contributed by atoms with van der Waals surface area (Å²) in [7, 11) is 0.